The summed E-state index contributed by atoms with van der Waals surface area (Å²) in [6.45, 7) is 0. The van der Waals surface area contributed by atoms with Gasteiger partial charge in [0.05, 0.1) is 5.69 Å². The standard InChI is InChI=1S/C56H36N2O2/c1-4-14-40(15-5-1)57(41-16-6-2-7-17-41)43-30-26-37(27-31-43)38-29-33-46-50-34-39-28-32-44(36-49(39)47-21-13-25-53(55(47)50)59-54(46)35-38)58(42-18-8-3-9-19-42)51-23-12-22-48-45-20-10-11-24-52(45)60-56(48)51/h1-36H. The minimum Gasteiger partial charge on any atom is -0.456 e. The molecular weight excluding hydrogens is 733 g/mol. The van der Waals surface area contributed by atoms with E-state index in [9.17, 15) is 0 Å². The minimum atomic E-state index is 0.858. The van der Waals surface area contributed by atoms with Crippen LogP contribution >= 0.6 is 0 Å². The number of rotatable bonds is 7. The van der Waals surface area contributed by atoms with Gasteiger partial charge >= 0.3 is 0 Å². The number of hydrogen-bond acceptors (Lipinski definition) is 4. The van der Waals surface area contributed by atoms with Crippen LogP contribution in [0.3, 0.4) is 0 Å². The van der Waals surface area contributed by atoms with E-state index in [1.165, 1.54) is 10.9 Å². The van der Waals surface area contributed by atoms with Crippen molar-refractivity contribution < 1.29 is 9.15 Å². The lowest BCUT2D eigenvalue weighted by Crippen LogP contribution is -2.10. The van der Waals surface area contributed by atoms with Crippen molar-refractivity contribution in [3.63, 3.8) is 0 Å². The topological polar surface area (TPSA) is 28.9 Å². The number of fused-ring (bicyclic) bond motifs is 7. The van der Waals surface area contributed by atoms with Gasteiger partial charge in [0.25, 0.3) is 0 Å². The highest BCUT2D eigenvalue weighted by Crippen LogP contribution is 2.51. The van der Waals surface area contributed by atoms with Gasteiger partial charge in [-0.25, -0.2) is 0 Å². The number of furan rings is 1. The molecule has 1 aliphatic heterocycles. The van der Waals surface area contributed by atoms with E-state index in [0.29, 0.717) is 0 Å². The summed E-state index contributed by atoms with van der Waals surface area (Å²) in [5, 5.41) is 6.82. The second-order valence-corrected chi connectivity index (χ2v) is 15.3. The lowest BCUT2D eigenvalue weighted by atomic mass is 9.89. The van der Waals surface area contributed by atoms with Crippen LogP contribution in [0.4, 0.5) is 34.1 Å². The minimum absolute atomic E-state index is 0.858. The Morgan fingerprint density at radius 2 is 0.933 bits per heavy atom. The first-order valence-electron chi connectivity index (χ1n) is 20.3. The molecular formula is C56H36N2O2. The lowest BCUT2D eigenvalue weighted by Gasteiger charge is -2.27. The molecule has 60 heavy (non-hydrogen) atoms. The molecule has 1 aliphatic rings. The van der Waals surface area contributed by atoms with Crippen molar-refractivity contribution in [3.8, 4) is 33.8 Å². The third-order valence-corrected chi connectivity index (χ3v) is 11.8. The van der Waals surface area contributed by atoms with Crippen LogP contribution in [0.5, 0.6) is 11.5 Å². The lowest BCUT2D eigenvalue weighted by molar-refractivity contribution is 0.487. The van der Waals surface area contributed by atoms with Crippen LogP contribution in [0.1, 0.15) is 0 Å². The maximum Gasteiger partial charge on any atom is 0.159 e. The molecule has 0 saturated carbocycles. The van der Waals surface area contributed by atoms with E-state index in [2.05, 4.69) is 216 Å². The summed E-state index contributed by atoms with van der Waals surface area (Å²) in [6, 6.07) is 77.2. The van der Waals surface area contributed by atoms with Gasteiger partial charge in [0.2, 0.25) is 0 Å². The predicted molar refractivity (Wildman–Crippen MR) is 249 cm³/mol. The average molecular weight is 769 g/mol. The number of ether oxygens (including phenoxy) is 1. The van der Waals surface area contributed by atoms with Crippen LogP contribution < -0.4 is 14.5 Å². The van der Waals surface area contributed by atoms with Crippen molar-refractivity contribution in [2.75, 3.05) is 9.80 Å². The second kappa shape index (κ2) is 13.8. The zero-order valence-electron chi connectivity index (χ0n) is 32.5. The smallest absolute Gasteiger partial charge is 0.159 e. The fourth-order valence-corrected chi connectivity index (χ4v) is 9.05. The van der Waals surface area contributed by atoms with Gasteiger partial charge in [-0.1, -0.05) is 121 Å². The van der Waals surface area contributed by atoms with Crippen molar-refractivity contribution in [3.05, 3.63) is 218 Å². The van der Waals surface area contributed by atoms with E-state index < -0.39 is 0 Å². The third-order valence-electron chi connectivity index (χ3n) is 11.8. The number of hydrogen-bond donors (Lipinski definition) is 0. The summed E-state index contributed by atoms with van der Waals surface area (Å²) in [7, 11) is 0. The zero-order chi connectivity index (χ0) is 39.6. The Hall–Kier alpha value is -8.08. The van der Waals surface area contributed by atoms with Gasteiger partial charge < -0.3 is 19.0 Å². The highest BCUT2D eigenvalue weighted by Gasteiger charge is 2.24. The van der Waals surface area contributed by atoms with Crippen LogP contribution in [-0.4, -0.2) is 0 Å². The molecule has 0 aliphatic carbocycles. The van der Waals surface area contributed by atoms with Gasteiger partial charge in [-0.15, -0.1) is 0 Å². The number of benzene rings is 10. The van der Waals surface area contributed by atoms with Crippen LogP contribution in [0.15, 0.2) is 223 Å². The number of anilines is 6. The molecule has 1 aromatic heterocycles. The summed E-state index contributed by atoms with van der Waals surface area (Å²) in [4.78, 5) is 4.59. The molecule has 0 unspecified atom stereocenters. The summed E-state index contributed by atoms with van der Waals surface area (Å²) >= 11 is 0. The molecule has 4 nitrogen and oxygen atoms in total. The zero-order valence-corrected chi connectivity index (χ0v) is 32.5. The highest BCUT2D eigenvalue weighted by molar-refractivity contribution is 6.18. The summed E-state index contributed by atoms with van der Waals surface area (Å²) in [5.74, 6) is 1.72. The fraction of sp³-hybridized carbons (Fsp3) is 0. The van der Waals surface area contributed by atoms with E-state index in [0.717, 1.165) is 100 Å². The number of nitrogens with zero attached hydrogens (tertiary/aromatic N) is 2. The van der Waals surface area contributed by atoms with E-state index >= 15 is 0 Å². The first-order chi connectivity index (χ1) is 29.7. The van der Waals surface area contributed by atoms with E-state index in [1.807, 2.05) is 12.1 Å². The molecule has 0 saturated heterocycles. The van der Waals surface area contributed by atoms with Crippen molar-refractivity contribution >= 4 is 77.6 Å². The molecule has 10 aromatic carbocycles. The first-order valence-corrected chi connectivity index (χ1v) is 20.3. The molecule has 4 heteroatoms. The Labute approximate surface area is 347 Å². The van der Waals surface area contributed by atoms with Gasteiger partial charge in [0, 0.05) is 50.2 Å². The Balaban J connectivity index is 0.941. The largest absolute Gasteiger partial charge is 0.456 e. The van der Waals surface area contributed by atoms with E-state index in [-0.39, 0.29) is 0 Å². The molecule has 0 atom stereocenters. The normalized spacial score (nSPS) is 11.8. The molecule has 2 heterocycles. The molecule has 0 amide bonds. The predicted octanol–water partition coefficient (Wildman–Crippen LogP) is 16.3. The Bertz CT molecular complexity index is 3360. The Morgan fingerprint density at radius 1 is 0.333 bits per heavy atom. The summed E-state index contributed by atoms with van der Waals surface area (Å²) in [5.41, 5.74) is 12.7. The van der Waals surface area contributed by atoms with Gasteiger partial charge in [-0.3, -0.25) is 0 Å². The molecule has 11 aromatic rings. The fourth-order valence-electron chi connectivity index (χ4n) is 9.05. The van der Waals surface area contributed by atoms with Crippen LogP contribution in [0.25, 0.3) is 65.7 Å². The molecule has 0 radical (unpaired) electrons. The van der Waals surface area contributed by atoms with Gasteiger partial charge in [0.15, 0.2) is 5.58 Å². The second-order valence-electron chi connectivity index (χ2n) is 15.3. The SMILES string of the molecule is c1ccc(N(c2ccccc2)c2ccc(-c3ccc4c(c3)Oc3cccc5c3c-4cc3ccc(N(c4ccccc4)c4cccc6c4oc4ccccc46)cc35)cc2)cc1. The first kappa shape index (κ1) is 34.0. The van der Waals surface area contributed by atoms with Crippen molar-refractivity contribution in [1.29, 1.82) is 0 Å². The quantitative estimate of drug-likeness (QED) is 0.151. The van der Waals surface area contributed by atoms with Gasteiger partial charge in [0.1, 0.15) is 17.1 Å². The maximum atomic E-state index is 6.80. The molecule has 0 fully saturated rings. The van der Waals surface area contributed by atoms with Crippen molar-refractivity contribution in [2.45, 2.75) is 0 Å². The van der Waals surface area contributed by atoms with Crippen LogP contribution in [0.2, 0.25) is 0 Å². The third kappa shape index (κ3) is 5.53. The van der Waals surface area contributed by atoms with Gasteiger partial charge in [-0.05, 0) is 130 Å². The number of para-hydroxylation sites is 5. The molecule has 12 rings (SSSR count). The van der Waals surface area contributed by atoms with E-state index in [4.69, 9.17) is 9.15 Å². The summed E-state index contributed by atoms with van der Waals surface area (Å²) in [6.07, 6.45) is 0. The van der Waals surface area contributed by atoms with E-state index in [1.54, 1.807) is 0 Å². The molecule has 0 spiro atoms. The monoisotopic (exact) mass is 768 g/mol. The summed E-state index contributed by atoms with van der Waals surface area (Å²) < 4.78 is 13.4. The maximum absolute atomic E-state index is 6.80. The Kier molecular flexibility index (Phi) is 7.82. The van der Waals surface area contributed by atoms with Crippen LogP contribution in [0, 0.1) is 0 Å². The highest BCUT2D eigenvalue weighted by atomic mass is 16.5. The Morgan fingerprint density at radius 3 is 1.68 bits per heavy atom. The van der Waals surface area contributed by atoms with Gasteiger partial charge in [-0.2, -0.15) is 0 Å². The van der Waals surface area contributed by atoms with Crippen molar-refractivity contribution in [1.82, 2.24) is 0 Å². The average Bonchev–Trinajstić information content (AvgIpc) is 3.70. The molecule has 282 valence electrons. The van der Waals surface area contributed by atoms with Crippen molar-refractivity contribution in [2.24, 2.45) is 0 Å². The molecule has 0 N–H and O–H groups in total. The van der Waals surface area contributed by atoms with Crippen LogP contribution in [-0.2, 0) is 0 Å². The molecule has 0 bridgehead atoms.